The molecule has 0 bridgehead atoms. The van der Waals surface area contributed by atoms with Crippen LogP contribution in [0.1, 0.15) is 61.4 Å². The minimum Gasteiger partial charge on any atom is -0.392 e. The number of rotatable bonds is 7. The molecule has 1 saturated heterocycles. The largest absolute Gasteiger partial charge is 0.392 e. The SMILES string of the molecule is CC1(O)CC(Cn2c(-c3cc4cccnc4n3CC3CC3)nc3cc(C(=O)N4CCC[C@@H](N)C4)cc(CO)c32)C1. The number of pyridine rings is 1. The molecular formula is C31H38N6O3. The molecule has 4 heterocycles. The maximum absolute atomic E-state index is 13.5. The first-order valence-corrected chi connectivity index (χ1v) is 14.7. The minimum absolute atomic E-state index is 0.00811. The maximum Gasteiger partial charge on any atom is 0.253 e. The van der Waals surface area contributed by atoms with Gasteiger partial charge in [0.05, 0.1) is 28.9 Å². The number of carbonyl (C=O) groups excluding carboxylic acids is 1. The van der Waals surface area contributed by atoms with E-state index in [2.05, 4.69) is 21.3 Å². The van der Waals surface area contributed by atoms with Crippen LogP contribution in [0.2, 0.25) is 0 Å². The zero-order chi connectivity index (χ0) is 27.6. The van der Waals surface area contributed by atoms with Crippen molar-refractivity contribution in [1.82, 2.24) is 24.0 Å². The maximum atomic E-state index is 13.5. The fourth-order valence-electron chi connectivity index (χ4n) is 6.94. The topological polar surface area (TPSA) is 122 Å². The van der Waals surface area contributed by atoms with Gasteiger partial charge < -0.3 is 30.0 Å². The van der Waals surface area contributed by atoms with Crippen molar-refractivity contribution in [3.8, 4) is 11.5 Å². The van der Waals surface area contributed by atoms with Crippen LogP contribution in [0.25, 0.3) is 33.6 Å². The molecule has 3 aliphatic rings. The van der Waals surface area contributed by atoms with E-state index in [-0.39, 0.29) is 18.6 Å². The summed E-state index contributed by atoms with van der Waals surface area (Å²) in [5, 5.41) is 22.1. The standard InChI is InChI=1S/C31H38N6O3/c1-31(40)13-20(14-31)16-37-27-23(18-38)10-22(30(39)35-9-3-5-24(32)17-35)11-25(27)34-29(37)26-12-21-4-2-8-33-28(21)36(26)15-19-6-7-19/h2,4,8,10-12,19-20,24,38,40H,3,5-7,9,13-18,32H2,1H3/t20?,24-,31?/m1/s1. The van der Waals surface area contributed by atoms with Gasteiger partial charge in [-0.3, -0.25) is 4.79 Å². The van der Waals surface area contributed by atoms with Crippen molar-refractivity contribution in [3.63, 3.8) is 0 Å². The molecule has 3 aromatic heterocycles. The zero-order valence-electron chi connectivity index (χ0n) is 23.1. The summed E-state index contributed by atoms with van der Waals surface area (Å²) in [7, 11) is 0. The van der Waals surface area contributed by atoms with Crippen molar-refractivity contribution in [1.29, 1.82) is 0 Å². The molecular weight excluding hydrogens is 504 g/mol. The second kappa shape index (κ2) is 9.68. The van der Waals surface area contributed by atoms with E-state index in [9.17, 15) is 15.0 Å². The van der Waals surface area contributed by atoms with Gasteiger partial charge in [-0.25, -0.2) is 9.97 Å². The van der Waals surface area contributed by atoms with Crippen LogP contribution in [0.3, 0.4) is 0 Å². The number of fused-ring (bicyclic) bond motifs is 2. The molecule has 3 fully saturated rings. The molecule has 40 heavy (non-hydrogen) atoms. The summed E-state index contributed by atoms with van der Waals surface area (Å²) >= 11 is 0. The summed E-state index contributed by atoms with van der Waals surface area (Å²) in [6.45, 7) is 4.50. The molecule has 1 atom stereocenters. The number of piperidine rings is 1. The van der Waals surface area contributed by atoms with Gasteiger partial charge in [0.15, 0.2) is 5.82 Å². The lowest BCUT2D eigenvalue weighted by molar-refractivity contribution is -0.0613. The van der Waals surface area contributed by atoms with Crippen LogP contribution < -0.4 is 5.73 Å². The Kier molecular flexibility index (Phi) is 6.21. The number of aromatic nitrogens is 4. The highest BCUT2D eigenvalue weighted by atomic mass is 16.3. The number of nitrogens with zero attached hydrogens (tertiary/aromatic N) is 5. The Morgan fingerprint density at radius 1 is 1.12 bits per heavy atom. The van der Waals surface area contributed by atoms with E-state index in [0.717, 1.165) is 60.3 Å². The Hall–Kier alpha value is -3.27. The van der Waals surface area contributed by atoms with Gasteiger partial charge in [0.2, 0.25) is 0 Å². The fourth-order valence-corrected chi connectivity index (χ4v) is 6.94. The second-order valence-corrected chi connectivity index (χ2v) is 12.6. The molecule has 2 saturated carbocycles. The summed E-state index contributed by atoms with van der Waals surface area (Å²) in [5.41, 5.74) is 10.3. The number of likely N-dealkylation sites (tertiary alicyclic amines) is 1. The lowest BCUT2D eigenvalue weighted by Crippen LogP contribution is -2.45. The molecule has 1 aromatic carbocycles. The first-order valence-electron chi connectivity index (χ1n) is 14.7. The average molecular weight is 543 g/mol. The van der Waals surface area contributed by atoms with Gasteiger partial charge in [0, 0.05) is 54.9 Å². The minimum atomic E-state index is -0.638. The smallest absolute Gasteiger partial charge is 0.253 e. The van der Waals surface area contributed by atoms with Crippen LogP contribution in [0.5, 0.6) is 0 Å². The van der Waals surface area contributed by atoms with Gasteiger partial charge in [-0.1, -0.05) is 0 Å². The summed E-state index contributed by atoms with van der Waals surface area (Å²) in [6.07, 6.45) is 7.54. The molecule has 0 spiro atoms. The third kappa shape index (κ3) is 4.60. The highest BCUT2D eigenvalue weighted by Gasteiger charge is 2.39. The monoisotopic (exact) mass is 542 g/mol. The van der Waals surface area contributed by atoms with E-state index in [1.165, 1.54) is 12.8 Å². The van der Waals surface area contributed by atoms with Gasteiger partial charge in [-0.05, 0) is 87.6 Å². The predicted molar refractivity (Wildman–Crippen MR) is 154 cm³/mol. The Bertz CT molecular complexity index is 1590. The molecule has 4 N–H and O–H groups in total. The van der Waals surface area contributed by atoms with Crippen LogP contribution in [0.4, 0.5) is 0 Å². The highest BCUT2D eigenvalue weighted by Crippen LogP contribution is 2.41. The normalized spacial score (nSPS) is 25.1. The van der Waals surface area contributed by atoms with E-state index in [4.69, 9.17) is 15.7 Å². The molecule has 7 rings (SSSR count). The van der Waals surface area contributed by atoms with Gasteiger partial charge in [-0.2, -0.15) is 0 Å². The summed E-state index contributed by atoms with van der Waals surface area (Å²) in [5.74, 6) is 1.70. The van der Waals surface area contributed by atoms with E-state index in [1.54, 1.807) is 0 Å². The molecule has 1 amide bonds. The van der Waals surface area contributed by atoms with Gasteiger partial charge in [-0.15, -0.1) is 0 Å². The molecule has 9 nitrogen and oxygen atoms in total. The number of aliphatic hydroxyl groups is 2. The molecule has 2 aliphatic carbocycles. The Balaban J connectivity index is 1.38. The lowest BCUT2D eigenvalue weighted by atomic mass is 9.72. The van der Waals surface area contributed by atoms with E-state index < -0.39 is 5.60 Å². The van der Waals surface area contributed by atoms with Crippen molar-refractivity contribution in [3.05, 3.63) is 47.7 Å². The zero-order valence-corrected chi connectivity index (χ0v) is 23.1. The van der Waals surface area contributed by atoms with Gasteiger partial charge in [0.1, 0.15) is 5.65 Å². The molecule has 210 valence electrons. The van der Waals surface area contributed by atoms with Crippen LogP contribution >= 0.6 is 0 Å². The number of carbonyl (C=O) groups is 1. The number of imidazole rings is 1. The molecule has 9 heteroatoms. The molecule has 0 unspecified atom stereocenters. The van der Waals surface area contributed by atoms with E-state index >= 15 is 0 Å². The first-order chi connectivity index (χ1) is 19.3. The quantitative estimate of drug-likeness (QED) is 0.328. The highest BCUT2D eigenvalue weighted by molar-refractivity contribution is 5.99. The number of nitrogens with two attached hydrogens (primary N) is 1. The Morgan fingerprint density at radius 3 is 2.65 bits per heavy atom. The summed E-state index contributed by atoms with van der Waals surface area (Å²) in [6, 6.07) is 9.90. The van der Waals surface area contributed by atoms with Gasteiger partial charge >= 0.3 is 0 Å². The molecule has 1 aliphatic heterocycles. The van der Waals surface area contributed by atoms with E-state index in [0.29, 0.717) is 48.1 Å². The van der Waals surface area contributed by atoms with E-state index in [1.807, 2.05) is 36.2 Å². The number of hydrogen-bond donors (Lipinski definition) is 3. The number of amides is 1. The van der Waals surface area contributed by atoms with Crippen LogP contribution in [0, 0.1) is 11.8 Å². The lowest BCUT2D eigenvalue weighted by Gasteiger charge is -2.41. The van der Waals surface area contributed by atoms with Crippen molar-refractivity contribution < 1.29 is 15.0 Å². The summed E-state index contributed by atoms with van der Waals surface area (Å²) < 4.78 is 4.50. The van der Waals surface area contributed by atoms with Crippen molar-refractivity contribution in [2.75, 3.05) is 13.1 Å². The van der Waals surface area contributed by atoms with Crippen molar-refractivity contribution >= 4 is 28.0 Å². The Labute approximate surface area is 233 Å². The third-order valence-corrected chi connectivity index (χ3v) is 9.00. The Morgan fingerprint density at radius 2 is 1.93 bits per heavy atom. The second-order valence-electron chi connectivity index (χ2n) is 12.6. The first kappa shape index (κ1) is 25.7. The summed E-state index contributed by atoms with van der Waals surface area (Å²) in [4.78, 5) is 25.3. The van der Waals surface area contributed by atoms with Crippen LogP contribution in [0.15, 0.2) is 36.5 Å². The molecule has 4 aromatic rings. The fraction of sp³-hybridized carbons (Fsp3) is 0.516. The average Bonchev–Trinajstić information content (AvgIpc) is 3.58. The van der Waals surface area contributed by atoms with Crippen LogP contribution in [-0.4, -0.2) is 64.9 Å². The number of hydrogen-bond acceptors (Lipinski definition) is 6. The third-order valence-electron chi connectivity index (χ3n) is 9.00. The predicted octanol–water partition coefficient (Wildman–Crippen LogP) is 3.68. The van der Waals surface area contributed by atoms with Crippen molar-refractivity contribution in [2.24, 2.45) is 17.6 Å². The van der Waals surface area contributed by atoms with Gasteiger partial charge in [0.25, 0.3) is 5.91 Å². The molecule has 0 radical (unpaired) electrons. The van der Waals surface area contributed by atoms with Crippen LogP contribution in [-0.2, 0) is 19.7 Å². The van der Waals surface area contributed by atoms with Crippen molar-refractivity contribution in [2.45, 2.75) is 76.8 Å². The number of aliphatic hydroxyl groups excluding tert-OH is 1. The number of benzene rings is 1.